The van der Waals surface area contributed by atoms with E-state index in [1.165, 1.54) is 29.8 Å². The molecule has 3 atom stereocenters. The molecule has 0 unspecified atom stereocenters. The molecule has 2 fully saturated rings. The van der Waals surface area contributed by atoms with Crippen molar-refractivity contribution in [1.82, 2.24) is 25.3 Å². The molecule has 2 bridgehead atoms. The lowest BCUT2D eigenvalue weighted by atomic mass is 9.84. The van der Waals surface area contributed by atoms with E-state index in [1.54, 1.807) is 12.1 Å². The molecule has 3 aromatic rings. The van der Waals surface area contributed by atoms with Crippen LogP contribution in [0.2, 0.25) is 0 Å². The van der Waals surface area contributed by atoms with Gasteiger partial charge in [0.15, 0.2) is 11.6 Å². The Hall–Kier alpha value is -3.00. The fraction of sp³-hybridized carbons (Fsp3) is 0.435. The van der Waals surface area contributed by atoms with Crippen molar-refractivity contribution >= 4 is 5.82 Å². The Morgan fingerprint density at radius 3 is 2.45 bits per heavy atom. The van der Waals surface area contributed by atoms with Crippen LogP contribution >= 0.6 is 0 Å². The van der Waals surface area contributed by atoms with Gasteiger partial charge in [-0.25, -0.2) is 9.07 Å². The van der Waals surface area contributed by atoms with Crippen LogP contribution in [0.25, 0.3) is 16.9 Å². The minimum Gasteiger partial charge on any atom is -0.507 e. The van der Waals surface area contributed by atoms with E-state index >= 15 is 0 Å². The normalized spacial score (nSPS) is 27.4. The van der Waals surface area contributed by atoms with Gasteiger partial charge in [0.05, 0.1) is 23.8 Å². The van der Waals surface area contributed by atoms with Crippen molar-refractivity contribution in [2.75, 3.05) is 11.9 Å². The summed E-state index contributed by atoms with van der Waals surface area (Å²) < 4.78 is 14.6. The van der Waals surface area contributed by atoms with Gasteiger partial charge in [-0.05, 0) is 63.8 Å². The highest BCUT2D eigenvalue weighted by Crippen LogP contribution is 2.43. The molecule has 2 N–H and O–H groups in total. The molecule has 0 spiro atoms. The molecule has 2 aromatic heterocycles. The standard InChI is InChI=1S/C23H27FN6O/c1-22-8-9-23(2,28-22)12-17(11-22)29(3)21-7-6-19(26-27-21)18-5-4-16(10-20(18)31)30-14-15(24)13-25-30/h4-7,10,13-14,17,28,31H,8-9,11-12H2,1-3H3/t17-,22+,23-. The highest BCUT2D eigenvalue weighted by atomic mass is 19.1. The molecular weight excluding hydrogens is 395 g/mol. The SMILES string of the molecule is CN(c1ccc(-c2ccc(-n3cc(F)cn3)cc2O)nn1)[C@@H]1C[C@]2(C)CC[C@](C)(C1)N2. The summed E-state index contributed by atoms with van der Waals surface area (Å²) in [5.74, 6) is 0.434. The molecule has 0 saturated carbocycles. The molecule has 31 heavy (non-hydrogen) atoms. The molecule has 8 heteroatoms. The second-order valence-electron chi connectivity index (χ2n) is 9.50. The summed E-state index contributed by atoms with van der Waals surface area (Å²) in [6.07, 6.45) is 6.96. The molecule has 0 aliphatic carbocycles. The van der Waals surface area contributed by atoms with Crippen LogP contribution < -0.4 is 10.2 Å². The Balaban J connectivity index is 1.35. The number of nitrogens with zero attached hydrogens (tertiary/aromatic N) is 5. The molecular formula is C23H27FN6O. The molecule has 7 nitrogen and oxygen atoms in total. The number of aromatic nitrogens is 4. The van der Waals surface area contributed by atoms with Crippen LogP contribution in [0.3, 0.4) is 0 Å². The van der Waals surface area contributed by atoms with E-state index in [1.807, 2.05) is 12.1 Å². The van der Waals surface area contributed by atoms with Gasteiger partial charge in [-0.15, -0.1) is 10.2 Å². The van der Waals surface area contributed by atoms with Crippen LogP contribution in [0.4, 0.5) is 10.2 Å². The number of phenols is 1. The zero-order chi connectivity index (χ0) is 21.8. The molecule has 2 aliphatic rings. The van der Waals surface area contributed by atoms with Crippen molar-refractivity contribution in [3.63, 3.8) is 0 Å². The van der Waals surface area contributed by atoms with E-state index in [0.29, 0.717) is 23.0 Å². The Labute approximate surface area is 180 Å². The fourth-order valence-electron chi connectivity index (χ4n) is 5.26. The van der Waals surface area contributed by atoms with E-state index in [9.17, 15) is 9.50 Å². The topological polar surface area (TPSA) is 79.1 Å². The molecule has 0 amide bonds. The Morgan fingerprint density at radius 1 is 1.13 bits per heavy atom. The number of piperidine rings is 1. The van der Waals surface area contributed by atoms with E-state index in [0.717, 1.165) is 24.9 Å². The number of rotatable bonds is 4. The zero-order valence-electron chi connectivity index (χ0n) is 18.0. The highest BCUT2D eigenvalue weighted by Gasteiger charge is 2.49. The van der Waals surface area contributed by atoms with Crippen LogP contribution in [0.1, 0.15) is 39.5 Å². The smallest absolute Gasteiger partial charge is 0.161 e. The predicted molar refractivity (Wildman–Crippen MR) is 117 cm³/mol. The summed E-state index contributed by atoms with van der Waals surface area (Å²) in [7, 11) is 2.08. The predicted octanol–water partition coefficient (Wildman–Crippen LogP) is 3.67. The quantitative estimate of drug-likeness (QED) is 0.668. The summed E-state index contributed by atoms with van der Waals surface area (Å²) in [5, 5.41) is 27.1. The Kier molecular flexibility index (Phi) is 4.51. The van der Waals surface area contributed by atoms with Crippen molar-refractivity contribution in [3.05, 3.63) is 48.5 Å². The summed E-state index contributed by atoms with van der Waals surface area (Å²) in [6.45, 7) is 4.63. The molecule has 4 heterocycles. The Morgan fingerprint density at radius 2 is 1.87 bits per heavy atom. The maximum absolute atomic E-state index is 13.2. The largest absolute Gasteiger partial charge is 0.507 e. The summed E-state index contributed by atoms with van der Waals surface area (Å²) in [5.41, 5.74) is 2.08. The van der Waals surface area contributed by atoms with Crippen LogP contribution in [-0.4, -0.2) is 49.3 Å². The number of nitrogens with one attached hydrogen (secondary N) is 1. The zero-order valence-corrected chi connectivity index (χ0v) is 18.0. The average molecular weight is 423 g/mol. The van der Waals surface area contributed by atoms with E-state index in [4.69, 9.17) is 0 Å². The third-order valence-electron chi connectivity index (χ3n) is 6.84. The van der Waals surface area contributed by atoms with Crippen LogP contribution in [-0.2, 0) is 0 Å². The maximum atomic E-state index is 13.2. The number of anilines is 1. The van der Waals surface area contributed by atoms with Crippen LogP contribution in [0.15, 0.2) is 42.7 Å². The molecule has 0 radical (unpaired) electrons. The third kappa shape index (κ3) is 3.65. The second-order valence-corrected chi connectivity index (χ2v) is 9.50. The lowest BCUT2D eigenvalue weighted by Gasteiger charge is -2.45. The van der Waals surface area contributed by atoms with Crippen molar-refractivity contribution < 1.29 is 9.50 Å². The number of benzene rings is 1. The number of hydrogen-bond acceptors (Lipinski definition) is 6. The summed E-state index contributed by atoms with van der Waals surface area (Å²) >= 11 is 0. The summed E-state index contributed by atoms with van der Waals surface area (Å²) in [6, 6.07) is 9.27. The molecule has 5 rings (SSSR count). The first kappa shape index (κ1) is 19.9. The van der Waals surface area contributed by atoms with E-state index in [-0.39, 0.29) is 16.8 Å². The molecule has 1 aromatic carbocycles. The van der Waals surface area contributed by atoms with Crippen LogP contribution in [0.5, 0.6) is 5.75 Å². The highest BCUT2D eigenvalue weighted by molar-refractivity contribution is 5.69. The molecule has 2 aliphatic heterocycles. The Bertz CT molecular complexity index is 1100. The van der Waals surface area contributed by atoms with Gasteiger partial charge in [0.2, 0.25) is 0 Å². The number of halogens is 1. The third-order valence-corrected chi connectivity index (χ3v) is 6.84. The number of phenolic OH excluding ortho intramolecular Hbond substituents is 1. The van der Waals surface area contributed by atoms with E-state index in [2.05, 4.69) is 46.4 Å². The van der Waals surface area contributed by atoms with Gasteiger partial charge in [-0.2, -0.15) is 5.10 Å². The summed E-state index contributed by atoms with van der Waals surface area (Å²) in [4.78, 5) is 2.23. The lowest BCUT2D eigenvalue weighted by molar-refractivity contribution is 0.207. The van der Waals surface area contributed by atoms with E-state index < -0.39 is 5.82 Å². The average Bonchev–Trinajstić information content (AvgIpc) is 3.27. The molecule has 162 valence electrons. The van der Waals surface area contributed by atoms with Gasteiger partial charge in [-0.1, -0.05) is 0 Å². The van der Waals surface area contributed by atoms with Gasteiger partial charge in [-0.3, -0.25) is 0 Å². The van der Waals surface area contributed by atoms with Gasteiger partial charge >= 0.3 is 0 Å². The van der Waals surface area contributed by atoms with Crippen molar-refractivity contribution in [3.8, 4) is 22.7 Å². The van der Waals surface area contributed by atoms with Crippen molar-refractivity contribution in [2.45, 2.75) is 56.7 Å². The van der Waals surface area contributed by atoms with Gasteiger partial charge in [0.1, 0.15) is 5.75 Å². The van der Waals surface area contributed by atoms with Gasteiger partial charge < -0.3 is 15.3 Å². The number of fused-ring (bicyclic) bond motifs is 2. The van der Waals surface area contributed by atoms with Gasteiger partial charge in [0, 0.05) is 35.8 Å². The minimum absolute atomic E-state index is 0.0413. The molecule has 2 saturated heterocycles. The lowest BCUT2D eigenvalue weighted by Crippen LogP contribution is -2.58. The van der Waals surface area contributed by atoms with Crippen molar-refractivity contribution in [1.29, 1.82) is 0 Å². The first-order valence-electron chi connectivity index (χ1n) is 10.6. The first-order valence-corrected chi connectivity index (χ1v) is 10.6. The minimum atomic E-state index is -0.432. The van der Waals surface area contributed by atoms with Crippen molar-refractivity contribution in [2.24, 2.45) is 0 Å². The maximum Gasteiger partial charge on any atom is 0.161 e. The first-order chi connectivity index (χ1) is 14.7. The monoisotopic (exact) mass is 422 g/mol. The second kappa shape index (κ2) is 7.02. The van der Waals surface area contributed by atoms with Crippen LogP contribution in [0, 0.1) is 5.82 Å². The van der Waals surface area contributed by atoms with Gasteiger partial charge in [0.25, 0.3) is 0 Å². The fourth-order valence-corrected chi connectivity index (χ4v) is 5.26. The number of aromatic hydroxyl groups is 1. The number of hydrogen-bond donors (Lipinski definition) is 2.